The molecule has 1 aliphatic rings. The fraction of sp³-hybridized carbons (Fsp3) is 0.462. The first-order valence-corrected chi connectivity index (χ1v) is 7.53. The van der Waals surface area contributed by atoms with Crippen molar-refractivity contribution in [2.75, 3.05) is 0 Å². The Bertz CT molecular complexity index is 535. The molecular weight excluding hydrogens is 252 g/mol. The fourth-order valence-electron chi connectivity index (χ4n) is 2.25. The molecule has 1 N–H and O–H groups in total. The molecule has 1 aliphatic carbocycles. The SMILES string of the molecule is CC(CC(=O)O)S(=O)(=O)C1CC1c1ccccc1. The van der Waals surface area contributed by atoms with Crippen molar-refractivity contribution in [2.24, 2.45) is 0 Å². The zero-order valence-electron chi connectivity index (χ0n) is 10.1. The molecule has 3 unspecified atom stereocenters. The minimum atomic E-state index is -3.34. The van der Waals surface area contributed by atoms with E-state index in [2.05, 4.69) is 0 Å². The largest absolute Gasteiger partial charge is 0.481 e. The van der Waals surface area contributed by atoms with Gasteiger partial charge in [0.1, 0.15) is 0 Å². The molecule has 0 heterocycles. The molecule has 0 radical (unpaired) electrons. The molecule has 0 spiro atoms. The van der Waals surface area contributed by atoms with E-state index < -0.39 is 26.3 Å². The maximum atomic E-state index is 12.1. The maximum Gasteiger partial charge on any atom is 0.304 e. The van der Waals surface area contributed by atoms with Gasteiger partial charge in [0.2, 0.25) is 0 Å². The second-order valence-electron chi connectivity index (χ2n) is 4.79. The van der Waals surface area contributed by atoms with Gasteiger partial charge in [-0.05, 0) is 18.9 Å². The van der Waals surface area contributed by atoms with Crippen LogP contribution in [0.5, 0.6) is 0 Å². The number of benzene rings is 1. The van der Waals surface area contributed by atoms with Crippen LogP contribution in [0, 0.1) is 0 Å². The molecule has 98 valence electrons. The van der Waals surface area contributed by atoms with Gasteiger partial charge in [-0.1, -0.05) is 30.3 Å². The third kappa shape index (κ3) is 2.56. The van der Waals surface area contributed by atoms with Crippen molar-refractivity contribution in [3.05, 3.63) is 35.9 Å². The molecule has 0 bridgehead atoms. The summed E-state index contributed by atoms with van der Waals surface area (Å²) in [5.41, 5.74) is 1.02. The summed E-state index contributed by atoms with van der Waals surface area (Å²) < 4.78 is 24.3. The highest BCUT2D eigenvalue weighted by Gasteiger charge is 2.49. The van der Waals surface area contributed by atoms with E-state index in [4.69, 9.17) is 5.11 Å². The summed E-state index contributed by atoms with van der Waals surface area (Å²) >= 11 is 0. The molecule has 1 aromatic rings. The van der Waals surface area contributed by atoms with Crippen LogP contribution in [0.1, 0.15) is 31.2 Å². The highest BCUT2D eigenvalue weighted by atomic mass is 32.2. The number of aliphatic carboxylic acids is 1. The van der Waals surface area contributed by atoms with Crippen LogP contribution in [0.2, 0.25) is 0 Å². The lowest BCUT2D eigenvalue weighted by atomic mass is 10.1. The van der Waals surface area contributed by atoms with E-state index >= 15 is 0 Å². The lowest BCUT2D eigenvalue weighted by Gasteiger charge is -2.10. The Morgan fingerprint density at radius 2 is 2.00 bits per heavy atom. The second-order valence-corrected chi connectivity index (χ2v) is 7.38. The van der Waals surface area contributed by atoms with Gasteiger partial charge in [0.25, 0.3) is 0 Å². The van der Waals surface area contributed by atoms with E-state index in [1.54, 1.807) is 0 Å². The van der Waals surface area contributed by atoms with Gasteiger partial charge in [0.15, 0.2) is 9.84 Å². The highest BCUT2D eigenvalue weighted by molar-refractivity contribution is 7.93. The topological polar surface area (TPSA) is 71.4 Å². The Morgan fingerprint density at radius 1 is 1.39 bits per heavy atom. The molecule has 0 amide bonds. The number of sulfone groups is 1. The van der Waals surface area contributed by atoms with Gasteiger partial charge >= 0.3 is 5.97 Å². The van der Waals surface area contributed by atoms with Gasteiger partial charge in [-0.2, -0.15) is 0 Å². The average Bonchev–Trinajstić information content (AvgIpc) is 3.09. The lowest BCUT2D eigenvalue weighted by molar-refractivity contribution is -0.136. The van der Waals surface area contributed by atoms with Gasteiger partial charge < -0.3 is 5.11 Å². The molecule has 0 aliphatic heterocycles. The zero-order chi connectivity index (χ0) is 13.3. The smallest absolute Gasteiger partial charge is 0.304 e. The van der Waals surface area contributed by atoms with Gasteiger partial charge in [0, 0.05) is 5.92 Å². The molecule has 0 saturated heterocycles. The predicted molar refractivity (Wildman–Crippen MR) is 68.2 cm³/mol. The number of rotatable bonds is 5. The Kier molecular flexibility index (Phi) is 3.43. The van der Waals surface area contributed by atoms with Crippen molar-refractivity contribution in [2.45, 2.75) is 36.2 Å². The van der Waals surface area contributed by atoms with Crippen molar-refractivity contribution >= 4 is 15.8 Å². The Hall–Kier alpha value is -1.36. The maximum absolute atomic E-state index is 12.1. The predicted octanol–water partition coefficient (Wildman–Crippen LogP) is 1.82. The van der Waals surface area contributed by atoms with Gasteiger partial charge in [0.05, 0.1) is 16.9 Å². The van der Waals surface area contributed by atoms with E-state index in [0.29, 0.717) is 6.42 Å². The summed E-state index contributed by atoms with van der Waals surface area (Å²) in [7, 11) is -3.34. The quantitative estimate of drug-likeness (QED) is 0.884. The van der Waals surface area contributed by atoms with Crippen LogP contribution in [-0.4, -0.2) is 30.0 Å². The molecule has 18 heavy (non-hydrogen) atoms. The highest BCUT2D eigenvalue weighted by Crippen LogP contribution is 2.47. The lowest BCUT2D eigenvalue weighted by Crippen LogP contribution is -2.25. The van der Waals surface area contributed by atoms with Crippen LogP contribution >= 0.6 is 0 Å². The molecular formula is C13H16O4S. The van der Waals surface area contributed by atoms with Crippen LogP contribution in [0.3, 0.4) is 0 Å². The third-order valence-electron chi connectivity index (χ3n) is 3.40. The average molecular weight is 268 g/mol. The molecule has 1 saturated carbocycles. The Balaban J connectivity index is 2.09. The molecule has 2 rings (SSSR count). The van der Waals surface area contributed by atoms with Gasteiger partial charge in [-0.15, -0.1) is 0 Å². The summed E-state index contributed by atoms with van der Waals surface area (Å²) in [5, 5.41) is 7.45. The van der Waals surface area contributed by atoms with Gasteiger partial charge in [-0.3, -0.25) is 4.79 Å². The van der Waals surface area contributed by atoms with Crippen LogP contribution in [0.4, 0.5) is 0 Å². The third-order valence-corrected chi connectivity index (χ3v) is 6.06. The standard InChI is InChI=1S/C13H16O4S/c1-9(7-13(14)15)18(16,17)12-8-11(12)10-5-3-2-4-6-10/h2-6,9,11-12H,7-8H2,1H3,(H,14,15). The summed E-state index contributed by atoms with van der Waals surface area (Å²) in [4.78, 5) is 10.6. The monoisotopic (exact) mass is 268 g/mol. The van der Waals surface area contributed by atoms with Crippen molar-refractivity contribution < 1.29 is 18.3 Å². The Morgan fingerprint density at radius 3 is 2.56 bits per heavy atom. The summed E-state index contributed by atoms with van der Waals surface area (Å²) in [6.45, 7) is 1.48. The summed E-state index contributed by atoms with van der Waals surface area (Å²) in [6, 6.07) is 9.50. The number of carboxylic acid groups (broad SMARTS) is 1. The van der Waals surface area contributed by atoms with Crippen LogP contribution in [-0.2, 0) is 14.6 Å². The molecule has 3 atom stereocenters. The van der Waals surface area contributed by atoms with Crippen LogP contribution in [0.25, 0.3) is 0 Å². The van der Waals surface area contributed by atoms with Crippen molar-refractivity contribution in [1.82, 2.24) is 0 Å². The first kappa shape index (κ1) is 13.1. The van der Waals surface area contributed by atoms with Crippen molar-refractivity contribution in [1.29, 1.82) is 0 Å². The number of hydrogen-bond acceptors (Lipinski definition) is 3. The molecule has 4 nitrogen and oxygen atoms in total. The van der Waals surface area contributed by atoms with E-state index in [0.717, 1.165) is 5.56 Å². The van der Waals surface area contributed by atoms with Crippen LogP contribution in [0.15, 0.2) is 30.3 Å². The first-order valence-electron chi connectivity index (χ1n) is 5.92. The summed E-state index contributed by atoms with van der Waals surface area (Å²) in [5.74, 6) is -1.03. The second kappa shape index (κ2) is 4.72. The number of hydrogen-bond donors (Lipinski definition) is 1. The first-order chi connectivity index (χ1) is 8.43. The Labute approximate surface area is 107 Å². The summed E-state index contributed by atoms with van der Waals surface area (Å²) in [6.07, 6.45) is 0.288. The number of carboxylic acids is 1. The van der Waals surface area contributed by atoms with Gasteiger partial charge in [-0.25, -0.2) is 8.42 Å². The fourth-order valence-corrected chi connectivity index (χ4v) is 4.31. The minimum absolute atomic E-state index is 0.0347. The van der Waals surface area contributed by atoms with Crippen molar-refractivity contribution in [3.8, 4) is 0 Å². The van der Waals surface area contributed by atoms with E-state index in [1.807, 2.05) is 30.3 Å². The van der Waals surface area contributed by atoms with E-state index in [9.17, 15) is 13.2 Å². The zero-order valence-corrected chi connectivity index (χ0v) is 10.9. The van der Waals surface area contributed by atoms with Crippen LogP contribution < -0.4 is 0 Å². The number of carbonyl (C=O) groups is 1. The molecule has 1 fully saturated rings. The molecule has 5 heteroatoms. The minimum Gasteiger partial charge on any atom is -0.481 e. The van der Waals surface area contributed by atoms with E-state index in [1.165, 1.54) is 6.92 Å². The van der Waals surface area contributed by atoms with Crippen molar-refractivity contribution in [3.63, 3.8) is 0 Å². The van der Waals surface area contributed by atoms with E-state index in [-0.39, 0.29) is 12.3 Å². The normalized spacial score (nSPS) is 24.5. The molecule has 0 aromatic heterocycles. The molecule has 1 aromatic carbocycles.